The molecule has 0 aliphatic heterocycles. The smallest absolute Gasteiger partial charge is 0.220 e. The first-order chi connectivity index (χ1) is 15.4. The molecule has 0 spiro atoms. The fourth-order valence-electron chi connectivity index (χ4n) is 3.19. The molecule has 0 radical (unpaired) electrons. The number of nitrogens with one attached hydrogen (secondary N) is 1. The number of aryl methyl sites for hydroxylation is 1. The number of nitrogens with zero attached hydrogens (tertiary/aromatic N) is 2. The molecule has 1 aromatic heterocycles. The fraction of sp³-hybridized carbons (Fsp3) is 0.304. The van der Waals surface area contributed by atoms with Gasteiger partial charge in [0.25, 0.3) is 0 Å². The Morgan fingerprint density at radius 2 is 1.84 bits per heavy atom. The molecule has 1 heterocycles. The Kier molecular flexibility index (Phi) is 8.25. The van der Waals surface area contributed by atoms with Gasteiger partial charge < -0.3 is 24.1 Å². The molecule has 1 N–H and O–H groups in total. The van der Waals surface area contributed by atoms with Crippen molar-refractivity contribution in [3.63, 3.8) is 0 Å². The van der Waals surface area contributed by atoms with Gasteiger partial charge in [-0.3, -0.25) is 4.79 Å². The highest BCUT2D eigenvalue weighted by Gasteiger charge is 2.22. The molecule has 3 rings (SSSR count). The normalized spacial score (nSPS) is 11.7. The van der Waals surface area contributed by atoms with E-state index < -0.39 is 6.04 Å². The Bertz CT molecular complexity index is 1050. The molecule has 32 heavy (non-hydrogen) atoms. The van der Waals surface area contributed by atoms with E-state index in [9.17, 15) is 4.79 Å². The molecule has 170 valence electrons. The van der Waals surface area contributed by atoms with Crippen molar-refractivity contribution in [2.24, 2.45) is 7.05 Å². The lowest BCUT2D eigenvalue weighted by atomic mass is 10.0. The third-order valence-electron chi connectivity index (χ3n) is 4.83. The Balaban J connectivity index is 1.67. The van der Waals surface area contributed by atoms with Gasteiger partial charge in [-0.2, -0.15) is 0 Å². The van der Waals surface area contributed by atoms with Crippen molar-refractivity contribution in [3.05, 3.63) is 70.2 Å². The van der Waals surface area contributed by atoms with Crippen molar-refractivity contribution in [2.75, 3.05) is 20.8 Å². The van der Waals surface area contributed by atoms with Crippen molar-refractivity contribution in [2.45, 2.75) is 18.9 Å². The molecule has 0 aliphatic rings. The summed E-state index contributed by atoms with van der Waals surface area (Å²) in [7, 11) is 5.04. The number of amides is 1. The molecule has 0 bridgehead atoms. The zero-order valence-corrected chi connectivity index (χ0v) is 19.6. The van der Waals surface area contributed by atoms with Crippen LogP contribution in [-0.2, 0) is 11.8 Å². The second-order valence-corrected chi connectivity index (χ2v) is 7.91. The predicted octanol–water partition coefficient (Wildman–Crippen LogP) is 4.81. The summed E-state index contributed by atoms with van der Waals surface area (Å²) in [5.74, 6) is 2.34. The summed E-state index contributed by atoms with van der Waals surface area (Å²) in [6, 6.07) is 10.0. The van der Waals surface area contributed by atoms with E-state index in [2.05, 4.69) is 10.3 Å². The molecule has 0 fully saturated rings. The molecular weight excluding hydrogens is 453 g/mol. The molecule has 1 unspecified atom stereocenters. The van der Waals surface area contributed by atoms with Crippen LogP contribution < -0.4 is 19.5 Å². The SMILES string of the molecule is COc1cc(OC)cc(C(NC(=O)CCCOc2ccc(Cl)cc2Cl)c2nccn2C)c1. The van der Waals surface area contributed by atoms with Gasteiger partial charge in [0, 0.05) is 37.0 Å². The zero-order chi connectivity index (χ0) is 23.1. The van der Waals surface area contributed by atoms with Gasteiger partial charge in [0.1, 0.15) is 29.1 Å². The summed E-state index contributed by atoms with van der Waals surface area (Å²) in [4.78, 5) is 17.2. The molecule has 0 aliphatic carbocycles. The minimum atomic E-state index is -0.474. The van der Waals surface area contributed by atoms with Crippen molar-refractivity contribution in [1.29, 1.82) is 0 Å². The van der Waals surface area contributed by atoms with E-state index in [1.165, 1.54) is 0 Å². The average Bonchev–Trinajstić information content (AvgIpc) is 3.21. The number of benzene rings is 2. The maximum absolute atomic E-state index is 12.8. The molecule has 0 saturated carbocycles. The quantitative estimate of drug-likeness (QED) is 0.424. The Hall–Kier alpha value is -2.90. The van der Waals surface area contributed by atoms with Crippen molar-refractivity contribution in [1.82, 2.24) is 14.9 Å². The lowest BCUT2D eigenvalue weighted by molar-refractivity contribution is -0.121. The van der Waals surface area contributed by atoms with E-state index in [0.717, 1.165) is 5.56 Å². The monoisotopic (exact) mass is 477 g/mol. The van der Waals surface area contributed by atoms with Crippen molar-refractivity contribution in [3.8, 4) is 17.2 Å². The summed E-state index contributed by atoms with van der Waals surface area (Å²) in [6.45, 7) is 0.342. The first-order valence-corrected chi connectivity index (χ1v) is 10.7. The number of rotatable bonds is 10. The first kappa shape index (κ1) is 23.8. The second-order valence-electron chi connectivity index (χ2n) is 7.07. The summed E-state index contributed by atoms with van der Waals surface area (Å²) in [5.41, 5.74) is 0.799. The van der Waals surface area contributed by atoms with E-state index in [0.29, 0.717) is 46.1 Å². The largest absolute Gasteiger partial charge is 0.497 e. The van der Waals surface area contributed by atoms with Crippen LogP contribution in [0.25, 0.3) is 0 Å². The maximum atomic E-state index is 12.8. The van der Waals surface area contributed by atoms with Crippen LogP contribution in [0.15, 0.2) is 48.8 Å². The van der Waals surface area contributed by atoms with E-state index in [-0.39, 0.29) is 12.3 Å². The van der Waals surface area contributed by atoms with Gasteiger partial charge in [-0.25, -0.2) is 4.98 Å². The van der Waals surface area contributed by atoms with Crippen LogP contribution in [0.3, 0.4) is 0 Å². The number of ether oxygens (including phenoxy) is 3. The van der Waals surface area contributed by atoms with Gasteiger partial charge in [0.05, 0.1) is 25.8 Å². The van der Waals surface area contributed by atoms with Gasteiger partial charge in [0.15, 0.2) is 0 Å². The number of hydrogen-bond donors (Lipinski definition) is 1. The first-order valence-electron chi connectivity index (χ1n) is 9.98. The highest BCUT2D eigenvalue weighted by atomic mass is 35.5. The van der Waals surface area contributed by atoms with E-state index >= 15 is 0 Å². The van der Waals surface area contributed by atoms with Gasteiger partial charge in [-0.1, -0.05) is 23.2 Å². The number of methoxy groups -OCH3 is 2. The van der Waals surface area contributed by atoms with Crippen molar-refractivity contribution < 1.29 is 19.0 Å². The molecular formula is C23H25Cl2N3O4. The van der Waals surface area contributed by atoms with Crippen LogP contribution in [0, 0.1) is 0 Å². The summed E-state index contributed by atoms with van der Waals surface area (Å²) >= 11 is 12.0. The Morgan fingerprint density at radius 3 is 2.44 bits per heavy atom. The molecule has 2 aromatic carbocycles. The maximum Gasteiger partial charge on any atom is 0.220 e. The number of aromatic nitrogens is 2. The molecule has 9 heteroatoms. The lowest BCUT2D eigenvalue weighted by Gasteiger charge is -2.20. The average molecular weight is 478 g/mol. The van der Waals surface area contributed by atoms with Crippen LogP contribution in [0.4, 0.5) is 0 Å². The number of halogens is 2. The van der Waals surface area contributed by atoms with E-state index in [4.69, 9.17) is 37.4 Å². The van der Waals surface area contributed by atoms with Crippen LogP contribution >= 0.6 is 23.2 Å². The minimum absolute atomic E-state index is 0.134. The number of carbonyl (C=O) groups excluding carboxylic acids is 1. The van der Waals surface area contributed by atoms with Crippen LogP contribution in [0.1, 0.15) is 30.3 Å². The number of carbonyl (C=O) groups is 1. The van der Waals surface area contributed by atoms with Crippen LogP contribution in [-0.4, -0.2) is 36.3 Å². The lowest BCUT2D eigenvalue weighted by Crippen LogP contribution is -2.31. The van der Waals surface area contributed by atoms with Crippen LogP contribution in [0.5, 0.6) is 17.2 Å². The molecule has 1 atom stereocenters. The summed E-state index contributed by atoms with van der Waals surface area (Å²) in [5, 5.41) is 4.04. The Morgan fingerprint density at radius 1 is 1.12 bits per heavy atom. The molecule has 0 saturated heterocycles. The second kappa shape index (κ2) is 11.1. The van der Waals surface area contributed by atoms with E-state index in [1.54, 1.807) is 44.7 Å². The standard InChI is InChI=1S/C23H25Cl2N3O4/c1-28-9-8-26-23(28)22(15-11-17(30-2)14-18(12-15)31-3)27-21(29)5-4-10-32-20-7-6-16(24)13-19(20)25/h6-9,11-14,22H,4-5,10H2,1-3H3,(H,27,29). The topological polar surface area (TPSA) is 74.6 Å². The molecule has 7 nitrogen and oxygen atoms in total. The van der Waals surface area contributed by atoms with Gasteiger partial charge >= 0.3 is 0 Å². The third-order valence-corrected chi connectivity index (χ3v) is 5.36. The summed E-state index contributed by atoms with van der Waals surface area (Å²) in [6.07, 6.45) is 4.30. The third kappa shape index (κ3) is 6.08. The van der Waals surface area contributed by atoms with Gasteiger partial charge in [-0.15, -0.1) is 0 Å². The number of imidazole rings is 1. The molecule has 3 aromatic rings. The Labute approximate surface area is 197 Å². The van der Waals surface area contributed by atoms with E-state index in [1.807, 2.05) is 29.9 Å². The van der Waals surface area contributed by atoms with Crippen LogP contribution in [0.2, 0.25) is 10.0 Å². The van der Waals surface area contributed by atoms with Crippen molar-refractivity contribution >= 4 is 29.1 Å². The summed E-state index contributed by atoms with van der Waals surface area (Å²) < 4.78 is 18.3. The highest BCUT2D eigenvalue weighted by Crippen LogP contribution is 2.30. The fourth-order valence-corrected chi connectivity index (χ4v) is 3.65. The number of hydrogen-bond acceptors (Lipinski definition) is 5. The molecule has 1 amide bonds. The van der Waals surface area contributed by atoms with Gasteiger partial charge in [-0.05, 0) is 42.3 Å². The van der Waals surface area contributed by atoms with Gasteiger partial charge in [0.2, 0.25) is 5.91 Å². The minimum Gasteiger partial charge on any atom is -0.497 e. The highest BCUT2D eigenvalue weighted by molar-refractivity contribution is 6.35. The predicted molar refractivity (Wildman–Crippen MR) is 124 cm³/mol. The zero-order valence-electron chi connectivity index (χ0n) is 18.1.